The van der Waals surface area contributed by atoms with Crippen LogP contribution in [0.5, 0.6) is 0 Å². The van der Waals surface area contributed by atoms with E-state index in [-0.39, 0.29) is 25.5 Å². The van der Waals surface area contributed by atoms with Gasteiger partial charge in [-0.05, 0) is 36.1 Å². The summed E-state index contributed by atoms with van der Waals surface area (Å²) in [6, 6.07) is 17.9. The summed E-state index contributed by atoms with van der Waals surface area (Å²) < 4.78 is 5.55. The average Bonchev–Trinajstić information content (AvgIpc) is 3.00. The smallest absolute Gasteiger partial charge is 0.410 e. The molecule has 0 heterocycles. The van der Waals surface area contributed by atoms with E-state index in [1.807, 2.05) is 54.6 Å². The second-order valence-corrected chi connectivity index (χ2v) is 7.23. The molecule has 2 aromatic carbocycles. The molecular formula is C22H22N2O4. The van der Waals surface area contributed by atoms with Gasteiger partial charge in [0.05, 0.1) is 12.5 Å². The number of fused-ring (bicyclic) bond motifs is 3. The van der Waals surface area contributed by atoms with Crippen LogP contribution in [0.4, 0.5) is 4.79 Å². The minimum atomic E-state index is -1.47. The molecule has 3 rings (SSSR count). The Bertz CT molecular complexity index is 900. The molecular weight excluding hydrogens is 356 g/mol. The predicted molar refractivity (Wildman–Crippen MR) is 104 cm³/mol. The summed E-state index contributed by atoms with van der Waals surface area (Å²) in [6.07, 6.45) is -0.703. The largest absolute Gasteiger partial charge is 0.480 e. The van der Waals surface area contributed by atoms with Gasteiger partial charge in [0, 0.05) is 12.5 Å². The standard InChI is InChI=1S/C22H22N2O4/c1-22(2,20(25)26)24(13-7-12-23)21(27)28-14-19-17-10-5-3-8-15(17)16-9-4-6-11-18(16)19/h3-6,8-11,19H,7,13-14H2,1-2H3,(H,25,26). The molecule has 1 amide bonds. The van der Waals surface area contributed by atoms with Crippen molar-refractivity contribution in [3.63, 3.8) is 0 Å². The molecule has 0 radical (unpaired) electrons. The summed E-state index contributed by atoms with van der Waals surface area (Å²) in [5.74, 6) is -1.26. The topological polar surface area (TPSA) is 90.6 Å². The molecule has 144 valence electrons. The number of rotatable bonds is 6. The first kappa shape index (κ1) is 19.4. The molecule has 0 aromatic heterocycles. The summed E-state index contributed by atoms with van der Waals surface area (Å²) in [7, 11) is 0. The highest BCUT2D eigenvalue weighted by Gasteiger charge is 2.39. The maximum absolute atomic E-state index is 12.7. The van der Waals surface area contributed by atoms with Gasteiger partial charge in [0.15, 0.2) is 0 Å². The normalized spacial score (nSPS) is 12.6. The van der Waals surface area contributed by atoms with Gasteiger partial charge in [0.1, 0.15) is 12.1 Å². The number of amides is 1. The lowest BCUT2D eigenvalue weighted by Crippen LogP contribution is -2.53. The van der Waals surface area contributed by atoms with Gasteiger partial charge in [-0.25, -0.2) is 9.59 Å². The predicted octanol–water partition coefficient (Wildman–Crippen LogP) is 4.01. The van der Waals surface area contributed by atoms with Crippen molar-refractivity contribution in [3.8, 4) is 17.2 Å². The zero-order chi connectivity index (χ0) is 20.3. The van der Waals surface area contributed by atoms with Crippen LogP contribution in [0, 0.1) is 11.3 Å². The van der Waals surface area contributed by atoms with Gasteiger partial charge < -0.3 is 9.84 Å². The third kappa shape index (κ3) is 3.44. The van der Waals surface area contributed by atoms with Gasteiger partial charge in [0.25, 0.3) is 0 Å². The van der Waals surface area contributed by atoms with Crippen molar-refractivity contribution in [2.75, 3.05) is 13.2 Å². The van der Waals surface area contributed by atoms with Crippen LogP contribution in [0.25, 0.3) is 11.1 Å². The van der Waals surface area contributed by atoms with Crippen molar-refractivity contribution in [1.29, 1.82) is 5.26 Å². The Morgan fingerprint density at radius 2 is 1.64 bits per heavy atom. The van der Waals surface area contributed by atoms with Crippen LogP contribution < -0.4 is 0 Å². The minimum Gasteiger partial charge on any atom is -0.480 e. The Balaban J connectivity index is 1.82. The molecule has 0 fully saturated rings. The molecule has 2 aromatic rings. The van der Waals surface area contributed by atoms with E-state index in [1.54, 1.807) is 0 Å². The Labute approximate surface area is 164 Å². The van der Waals surface area contributed by atoms with Crippen LogP contribution in [0.2, 0.25) is 0 Å². The van der Waals surface area contributed by atoms with E-state index in [9.17, 15) is 14.7 Å². The van der Waals surface area contributed by atoms with Crippen molar-refractivity contribution in [2.24, 2.45) is 0 Å². The number of carboxylic acids is 1. The Morgan fingerprint density at radius 1 is 1.11 bits per heavy atom. The second-order valence-electron chi connectivity index (χ2n) is 7.23. The fourth-order valence-electron chi connectivity index (χ4n) is 3.55. The van der Waals surface area contributed by atoms with Crippen molar-refractivity contribution < 1.29 is 19.4 Å². The molecule has 1 aliphatic carbocycles. The first-order valence-electron chi connectivity index (χ1n) is 9.11. The monoisotopic (exact) mass is 378 g/mol. The van der Waals surface area contributed by atoms with E-state index in [1.165, 1.54) is 13.8 Å². The number of ether oxygens (including phenoxy) is 1. The number of nitrogens with zero attached hydrogens (tertiary/aromatic N) is 2. The number of aliphatic carboxylic acids is 1. The van der Waals surface area contributed by atoms with Crippen LogP contribution in [-0.2, 0) is 9.53 Å². The second kappa shape index (κ2) is 7.73. The third-order valence-corrected chi connectivity index (χ3v) is 5.20. The first-order chi connectivity index (χ1) is 13.4. The molecule has 0 aliphatic heterocycles. The van der Waals surface area contributed by atoms with E-state index >= 15 is 0 Å². The van der Waals surface area contributed by atoms with Gasteiger partial charge in [-0.1, -0.05) is 48.5 Å². The van der Waals surface area contributed by atoms with Crippen molar-refractivity contribution in [3.05, 3.63) is 59.7 Å². The van der Waals surface area contributed by atoms with E-state index in [0.717, 1.165) is 27.2 Å². The molecule has 6 heteroatoms. The summed E-state index contributed by atoms with van der Waals surface area (Å²) >= 11 is 0. The van der Waals surface area contributed by atoms with E-state index < -0.39 is 17.6 Å². The molecule has 0 spiro atoms. The third-order valence-electron chi connectivity index (χ3n) is 5.20. The highest BCUT2D eigenvalue weighted by molar-refractivity contribution is 5.84. The minimum absolute atomic E-state index is 0.00747. The van der Waals surface area contributed by atoms with Crippen LogP contribution in [0.1, 0.15) is 37.3 Å². The lowest BCUT2D eigenvalue weighted by Gasteiger charge is -2.34. The summed E-state index contributed by atoms with van der Waals surface area (Å²) in [6.45, 7) is 2.94. The Morgan fingerprint density at radius 3 is 2.14 bits per heavy atom. The van der Waals surface area contributed by atoms with Crippen LogP contribution in [0.3, 0.4) is 0 Å². The highest BCUT2D eigenvalue weighted by Crippen LogP contribution is 2.44. The lowest BCUT2D eigenvalue weighted by molar-refractivity contribution is -0.148. The Hall–Kier alpha value is -3.33. The van der Waals surface area contributed by atoms with Crippen molar-refractivity contribution >= 4 is 12.1 Å². The molecule has 1 aliphatic rings. The number of benzene rings is 2. The van der Waals surface area contributed by atoms with Gasteiger partial charge in [-0.15, -0.1) is 0 Å². The summed E-state index contributed by atoms with van der Waals surface area (Å²) in [5.41, 5.74) is 2.92. The fourth-order valence-corrected chi connectivity index (χ4v) is 3.55. The first-order valence-corrected chi connectivity index (χ1v) is 9.11. The Kier molecular flexibility index (Phi) is 5.36. The number of carbonyl (C=O) groups excluding carboxylic acids is 1. The maximum Gasteiger partial charge on any atom is 0.410 e. The van der Waals surface area contributed by atoms with Crippen LogP contribution >= 0.6 is 0 Å². The molecule has 28 heavy (non-hydrogen) atoms. The number of nitriles is 1. The molecule has 1 N–H and O–H groups in total. The lowest BCUT2D eigenvalue weighted by atomic mass is 9.98. The maximum atomic E-state index is 12.7. The van der Waals surface area contributed by atoms with Crippen molar-refractivity contribution in [1.82, 2.24) is 4.90 Å². The van der Waals surface area contributed by atoms with Crippen LogP contribution in [0.15, 0.2) is 48.5 Å². The highest BCUT2D eigenvalue weighted by atomic mass is 16.6. The van der Waals surface area contributed by atoms with E-state index in [4.69, 9.17) is 10.00 Å². The number of hydrogen-bond acceptors (Lipinski definition) is 4. The van der Waals surface area contributed by atoms with E-state index in [0.29, 0.717) is 0 Å². The van der Waals surface area contributed by atoms with Gasteiger partial charge in [-0.3, -0.25) is 4.90 Å². The van der Waals surface area contributed by atoms with Crippen molar-refractivity contribution in [2.45, 2.75) is 31.7 Å². The molecule has 0 bridgehead atoms. The summed E-state index contributed by atoms with van der Waals surface area (Å²) in [5, 5.41) is 18.3. The van der Waals surface area contributed by atoms with E-state index in [2.05, 4.69) is 0 Å². The quantitative estimate of drug-likeness (QED) is 0.820. The zero-order valence-electron chi connectivity index (χ0n) is 15.9. The van der Waals surface area contributed by atoms with Gasteiger partial charge in [-0.2, -0.15) is 5.26 Å². The molecule has 6 nitrogen and oxygen atoms in total. The summed E-state index contributed by atoms with van der Waals surface area (Å²) in [4.78, 5) is 25.4. The SMILES string of the molecule is CC(C)(C(=O)O)N(CCC#N)C(=O)OCC1c2ccccc2-c2ccccc21. The number of carboxylic acid groups (broad SMARTS) is 1. The fraction of sp³-hybridized carbons (Fsp3) is 0.318. The molecule has 0 saturated heterocycles. The molecule has 0 unspecified atom stereocenters. The molecule has 0 atom stereocenters. The van der Waals surface area contributed by atoms with Gasteiger partial charge >= 0.3 is 12.1 Å². The zero-order valence-corrected chi connectivity index (χ0v) is 15.9. The number of hydrogen-bond donors (Lipinski definition) is 1. The average molecular weight is 378 g/mol. The van der Waals surface area contributed by atoms with Gasteiger partial charge in [0.2, 0.25) is 0 Å². The molecule has 0 saturated carbocycles. The van der Waals surface area contributed by atoms with Crippen LogP contribution in [-0.4, -0.2) is 40.8 Å². The number of carbonyl (C=O) groups is 2.